The largest absolute Gasteiger partial charge is 0.477 e. The first-order valence-electron chi connectivity index (χ1n) is 4.66. The van der Waals surface area contributed by atoms with Gasteiger partial charge in [0.05, 0.1) is 23.6 Å². The van der Waals surface area contributed by atoms with E-state index in [-0.39, 0.29) is 11.6 Å². The first-order chi connectivity index (χ1) is 8.16. The fraction of sp³-hybridized carbons (Fsp3) is 0. The van der Waals surface area contributed by atoms with Crippen LogP contribution in [0.1, 0.15) is 20.8 Å². The zero-order valence-corrected chi connectivity index (χ0v) is 8.54. The maximum Gasteiger partial charge on any atom is 0.354 e. The molecular weight excluding hydrogens is 224 g/mol. The van der Waals surface area contributed by atoms with Crippen molar-refractivity contribution in [1.82, 2.24) is 15.2 Å². The average molecular weight is 232 g/mol. The lowest BCUT2D eigenvalue weighted by Crippen LogP contribution is -2.11. The number of H-pyrrole nitrogens is 1. The molecule has 0 spiro atoms. The number of carboxylic acid groups (broad SMARTS) is 1. The minimum Gasteiger partial charge on any atom is -0.477 e. The molecule has 2 aromatic heterocycles. The number of hydrogen-bond donors (Lipinski definition) is 3. The molecule has 0 aliphatic heterocycles. The Kier molecular flexibility index (Phi) is 2.82. The quantitative estimate of drug-likeness (QED) is 0.723. The van der Waals surface area contributed by atoms with Crippen LogP contribution in [0, 0.1) is 0 Å². The maximum absolute atomic E-state index is 11.6. The molecule has 17 heavy (non-hydrogen) atoms. The zero-order valence-electron chi connectivity index (χ0n) is 8.54. The van der Waals surface area contributed by atoms with Crippen molar-refractivity contribution in [3.8, 4) is 0 Å². The summed E-state index contributed by atoms with van der Waals surface area (Å²) in [6.07, 6.45) is 4.12. The lowest BCUT2D eigenvalue weighted by Gasteiger charge is -2.02. The second-order valence-corrected chi connectivity index (χ2v) is 3.18. The maximum atomic E-state index is 11.6. The van der Waals surface area contributed by atoms with Gasteiger partial charge in [-0.15, -0.1) is 0 Å². The standard InChI is InChI=1S/C10H8N4O3/c15-9(6-3-12-13-4-6)14-7-1-2-8(10(16)17)11-5-7/h1-5H,(H,12,13)(H,14,15)(H,16,17). The summed E-state index contributed by atoms with van der Waals surface area (Å²) < 4.78 is 0. The molecule has 3 N–H and O–H groups in total. The lowest BCUT2D eigenvalue weighted by molar-refractivity contribution is 0.0690. The fourth-order valence-corrected chi connectivity index (χ4v) is 1.17. The van der Waals surface area contributed by atoms with Gasteiger partial charge in [-0.2, -0.15) is 5.10 Å². The summed E-state index contributed by atoms with van der Waals surface area (Å²) in [6, 6.07) is 2.78. The van der Waals surface area contributed by atoms with Crippen molar-refractivity contribution in [3.05, 3.63) is 42.0 Å². The number of carboxylic acids is 1. The first-order valence-corrected chi connectivity index (χ1v) is 4.66. The first kappa shape index (κ1) is 10.8. The lowest BCUT2D eigenvalue weighted by atomic mass is 10.3. The molecule has 0 atom stereocenters. The smallest absolute Gasteiger partial charge is 0.354 e. The molecule has 2 aromatic rings. The highest BCUT2D eigenvalue weighted by atomic mass is 16.4. The van der Waals surface area contributed by atoms with Gasteiger partial charge in [-0.25, -0.2) is 9.78 Å². The van der Waals surface area contributed by atoms with Crippen LogP contribution in [0.3, 0.4) is 0 Å². The highest BCUT2D eigenvalue weighted by molar-refractivity contribution is 6.03. The van der Waals surface area contributed by atoms with Crippen molar-refractivity contribution < 1.29 is 14.7 Å². The Balaban J connectivity index is 2.09. The third-order valence-corrected chi connectivity index (χ3v) is 2.00. The van der Waals surface area contributed by atoms with Crippen molar-refractivity contribution in [2.24, 2.45) is 0 Å². The van der Waals surface area contributed by atoms with Gasteiger partial charge in [-0.1, -0.05) is 0 Å². The normalized spacial score (nSPS) is 9.88. The summed E-state index contributed by atoms with van der Waals surface area (Å²) in [5.74, 6) is -1.46. The van der Waals surface area contributed by atoms with Gasteiger partial charge in [-0.3, -0.25) is 9.89 Å². The summed E-state index contributed by atoms with van der Waals surface area (Å²) in [4.78, 5) is 25.8. The van der Waals surface area contributed by atoms with E-state index in [0.717, 1.165) is 0 Å². The van der Waals surface area contributed by atoms with Gasteiger partial charge in [-0.05, 0) is 12.1 Å². The van der Waals surface area contributed by atoms with E-state index in [1.54, 1.807) is 0 Å². The highest BCUT2D eigenvalue weighted by Crippen LogP contribution is 2.08. The Morgan fingerprint density at radius 1 is 1.29 bits per heavy atom. The van der Waals surface area contributed by atoms with Crippen molar-refractivity contribution >= 4 is 17.6 Å². The van der Waals surface area contributed by atoms with E-state index in [1.807, 2.05) is 0 Å². The summed E-state index contributed by atoms with van der Waals surface area (Å²) in [5.41, 5.74) is 0.722. The Morgan fingerprint density at radius 2 is 2.12 bits per heavy atom. The van der Waals surface area contributed by atoms with Crippen LogP contribution in [-0.4, -0.2) is 32.2 Å². The average Bonchev–Trinajstić information content (AvgIpc) is 2.83. The summed E-state index contributed by atoms with van der Waals surface area (Å²) in [5, 5.41) is 17.4. The predicted octanol–water partition coefficient (Wildman–Crippen LogP) is 0.755. The van der Waals surface area contributed by atoms with Gasteiger partial charge in [0.2, 0.25) is 0 Å². The molecule has 7 heteroatoms. The number of nitrogens with one attached hydrogen (secondary N) is 2. The number of amides is 1. The second kappa shape index (κ2) is 4.44. The second-order valence-electron chi connectivity index (χ2n) is 3.18. The SMILES string of the molecule is O=C(Nc1ccc(C(=O)O)nc1)c1cn[nH]c1. The van der Waals surface area contributed by atoms with Crippen molar-refractivity contribution in [1.29, 1.82) is 0 Å². The number of carbonyl (C=O) groups is 2. The Hall–Kier alpha value is -2.70. The van der Waals surface area contributed by atoms with Gasteiger partial charge in [0.25, 0.3) is 5.91 Å². The number of aromatic nitrogens is 3. The van der Waals surface area contributed by atoms with Crippen LogP contribution < -0.4 is 5.32 Å². The molecule has 0 saturated heterocycles. The molecule has 7 nitrogen and oxygen atoms in total. The van der Waals surface area contributed by atoms with E-state index < -0.39 is 5.97 Å². The number of nitrogens with zero attached hydrogens (tertiary/aromatic N) is 2. The molecule has 0 aliphatic carbocycles. The molecule has 2 heterocycles. The van der Waals surface area contributed by atoms with Crippen molar-refractivity contribution in [2.75, 3.05) is 5.32 Å². The molecule has 0 aromatic carbocycles. The van der Waals surface area contributed by atoms with Crippen LogP contribution in [0.4, 0.5) is 5.69 Å². The summed E-state index contributed by atoms with van der Waals surface area (Å²) >= 11 is 0. The zero-order chi connectivity index (χ0) is 12.3. The molecule has 0 radical (unpaired) electrons. The summed E-state index contributed by atoms with van der Waals surface area (Å²) in [6.45, 7) is 0. The van der Waals surface area contributed by atoms with Gasteiger partial charge >= 0.3 is 5.97 Å². The van der Waals surface area contributed by atoms with Gasteiger partial charge in [0.15, 0.2) is 0 Å². The van der Waals surface area contributed by atoms with E-state index in [4.69, 9.17) is 5.11 Å². The molecule has 2 rings (SSSR count). The van der Waals surface area contributed by atoms with Crippen LogP contribution in [0.5, 0.6) is 0 Å². The molecule has 0 fully saturated rings. The summed E-state index contributed by atoms with van der Waals surface area (Å²) in [7, 11) is 0. The van der Waals surface area contributed by atoms with E-state index in [2.05, 4.69) is 20.5 Å². The van der Waals surface area contributed by atoms with Gasteiger partial charge in [0, 0.05) is 6.20 Å². The Bertz CT molecular complexity index is 533. The highest BCUT2D eigenvalue weighted by Gasteiger charge is 2.08. The molecule has 0 aliphatic rings. The van der Waals surface area contributed by atoms with Crippen LogP contribution in [-0.2, 0) is 0 Å². The Morgan fingerprint density at radius 3 is 2.65 bits per heavy atom. The van der Waals surface area contributed by atoms with E-state index in [1.165, 1.54) is 30.7 Å². The molecule has 0 saturated carbocycles. The van der Waals surface area contributed by atoms with Crippen LogP contribution >= 0.6 is 0 Å². The third kappa shape index (κ3) is 2.46. The van der Waals surface area contributed by atoms with Crippen LogP contribution in [0.15, 0.2) is 30.7 Å². The van der Waals surface area contributed by atoms with E-state index >= 15 is 0 Å². The van der Waals surface area contributed by atoms with Crippen molar-refractivity contribution in [2.45, 2.75) is 0 Å². The van der Waals surface area contributed by atoms with Gasteiger partial charge < -0.3 is 10.4 Å². The van der Waals surface area contributed by atoms with E-state index in [0.29, 0.717) is 11.3 Å². The minimum absolute atomic E-state index is 0.0775. The fourth-order valence-electron chi connectivity index (χ4n) is 1.17. The van der Waals surface area contributed by atoms with Crippen LogP contribution in [0.25, 0.3) is 0 Å². The topological polar surface area (TPSA) is 108 Å². The number of aromatic carboxylic acids is 1. The molecule has 0 unspecified atom stereocenters. The number of rotatable bonds is 3. The van der Waals surface area contributed by atoms with Crippen LogP contribution in [0.2, 0.25) is 0 Å². The van der Waals surface area contributed by atoms with Gasteiger partial charge in [0.1, 0.15) is 5.69 Å². The number of hydrogen-bond acceptors (Lipinski definition) is 4. The molecule has 86 valence electrons. The monoisotopic (exact) mass is 232 g/mol. The number of aromatic amines is 1. The third-order valence-electron chi connectivity index (χ3n) is 2.00. The van der Waals surface area contributed by atoms with Crippen molar-refractivity contribution in [3.63, 3.8) is 0 Å². The predicted molar refractivity (Wildman–Crippen MR) is 57.7 cm³/mol. The Labute approximate surface area is 95.5 Å². The molecule has 0 bridgehead atoms. The number of carbonyl (C=O) groups excluding carboxylic acids is 1. The number of pyridine rings is 1. The molecule has 1 amide bonds. The minimum atomic E-state index is -1.11. The molecular formula is C10H8N4O3. The number of anilines is 1. The van der Waals surface area contributed by atoms with E-state index in [9.17, 15) is 9.59 Å².